The Morgan fingerprint density at radius 1 is 1.37 bits per heavy atom. The molecule has 0 unspecified atom stereocenters. The second-order valence-corrected chi connectivity index (χ2v) is 4.93. The summed E-state index contributed by atoms with van der Waals surface area (Å²) in [7, 11) is 1.60. The van der Waals surface area contributed by atoms with Crippen LogP contribution in [0.4, 0.5) is 5.00 Å². The number of benzene rings is 1. The van der Waals surface area contributed by atoms with Crippen molar-refractivity contribution in [3.05, 3.63) is 40.4 Å². The van der Waals surface area contributed by atoms with Crippen molar-refractivity contribution >= 4 is 27.4 Å². The lowest BCUT2D eigenvalue weighted by Gasteiger charge is -1.96. The van der Waals surface area contributed by atoms with E-state index in [-0.39, 0.29) is 5.00 Å². The highest BCUT2D eigenvalue weighted by atomic mass is 32.1. The number of aromatic amines is 1. The smallest absolute Gasteiger partial charge is 0.324 e. The van der Waals surface area contributed by atoms with Crippen LogP contribution in [0.2, 0.25) is 0 Å². The number of aromatic nitrogens is 2. The summed E-state index contributed by atoms with van der Waals surface area (Å²) in [4.78, 5) is 18.5. The van der Waals surface area contributed by atoms with Crippen LogP contribution < -0.4 is 4.74 Å². The topological polar surface area (TPSA) is 81.1 Å². The van der Waals surface area contributed by atoms with Crippen molar-refractivity contribution in [3.63, 3.8) is 0 Å². The van der Waals surface area contributed by atoms with Crippen molar-refractivity contribution in [2.75, 3.05) is 7.11 Å². The van der Waals surface area contributed by atoms with Gasteiger partial charge in [-0.2, -0.15) is 0 Å². The summed E-state index contributed by atoms with van der Waals surface area (Å²) in [6, 6.07) is 8.68. The quantitative estimate of drug-likeness (QED) is 0.588. The minimum Gasteiger partial charge on any atom is -0.497 e. The minimum atomic E-state index is -0.403. The van der Waals surface area contributed by atoms with Crippen LogP contribution in [0.15, 0.2) is 30.3 Å². The molecule has 2 heterocycles. The molecule has 7 heteroatoms. The van der Waals surface area contributed by atoms with Gasteiger partial charge < -0.3 is 9.72 Å². The first-order valence-corrected chi connectivity index (χ1v) is 6.27. The molecular weight excluding hydrogens is 266 g/mol. The number of methoxy groups -OCH3 is 1. The molecule has 1 N–H and O–H groups in total. The number of rotatable bonds is 3. The lowest BCUT2D eigenvalue weighted by Crippen LogP contribution is -1.81. The molecule has 0 aliphatic rings. The first kappa shape index (κ1) is 11.7. The van der Waals surface area contributed by atoms with E-state index in [0.717, 1.165) is 33.0 Å². The van der Waals surface area contributed by atoms with E-state index in [1.165, 1.54) is 6.07 Å². The van der Waals surface area contributed by atoms with E-state index in [0.29, 0.717) is 5.82 Å². The van der Waals surface area contributed by atoms with Gasteiger partial charge in [-0.15, -0.1) is 0 Å². The number of nitro groups is 1. The molecule has 0 saturated heterocycles. The van der Waals surface area contributed by atoms with Gasteiger partial charge in [0.05, 0.1) is 27.9 Å². The van der Waals surface area contributed by atoms with Crippen molar-refractivity contribution in [1.29, 1.82) is 0 Å². The highest BCUT2D eigenvalue weighted by Gasteiger charge is 2.13. The Balaban J connectivity index is 2.06. The van der Waals surface area contributed by atoms with E-state index >= 15 is 0 Å². The molecule has 0 aliphatic carbocycles. The third-order valence-electron chi connectivity index (χ3n) is 2.69. The fourth-order valence-electron chi connectivity index (χ4n) is 1.79. The molecule has 96 valence electrons. The summed E-state index contributed by atoms with van der Waals surface area (Å²) >= 11 is 1.10. The second kappa shape index (κ2) is 4.36. The van der Waals surface area contributed by atoms with Crippen molar-refractivity contribution in [1.82, 2.24) is 9.97 Å². The summed E-state index contributed by atoms with van der Waals surface area (Å²) in [5.41, 5.74) is 1.64. The van der Waals surface area contributed by atoms with Crippen LogP contribution in [0.3, 0.4) is 0 Å². The van der Waals surface area contributed by atoms with Crippen molar-refractivity contribution < 1.29 is 9.66 Å². The summed E-state index contributed by atoms with van der Waals surface area (Å²) in [5.74, 6) is 1.36. The van der Waals surface area contributed by atoms with E-state index < -0.39 is 4.92 Å². The van der Waals surface area contributed by atoms with Gasteiger partial charge in [0.15, 0.2) is 0 Å². The third kappa shape index (κ3) is 2.04. The largest absolute Gasteiger partial charge is 0.497 e. The van der Waals surface area contributed by atoms with Gasteiger partial charge in [-0.1, -0.05) is 11.3 Å². The number of thiophene rings is 1. The van der Waals surface area contributed by atoms with Gasteiger partial charge in [-0.3, -0.25) is 10.1 Å². The predicted octanol–water partition coefficient (Wildman–Crippen LogP) is 3.21. The van der Waals surface area contributed by atoms with Gasteiger partial charge >= 0.3 is 5.00 Å². The van der Waals surface area contributed by atoms with Crippen LogP contribution in [0, 0.1) is 10.1 Å². The average molecular weight is 275 g/mol. The van der Waals surface area contributed by atoms with Crippen LogP contribution in [0.25, 0.3) is 21.7 Å². The van der Waals surface area contributed by atoms with Gasteiger partial charge in [-0.05, 0) is 18.2 Å². The number of ether oxygens (including phenoxy) is 1. The molecule has 0 saturated carbocycles. The SMILES string of the molecule is COc1ccc2nc(-c3ccc([N+](=O)[O-])s3)[nH]c2c1. The van der Waals surface area contributed by atoms with E-state index in [2.05, 4.69) is 9.97 Å². The fourth-order valence-corrected chi connectivity index (χ4v) is 2.55. The molecule has 0 atom stereocenters. The maximum absolute atomic E-state index is 10.7. The van der Waals surface area contributed by atoms with Gasteiger partial charge in [0.1, 0.15) is 11.6 Å². The normalized spacial score (nSPS) is 10.8. The van der Waals surface area contributed by atoms with Crippen LogP contribution in [-0.2, 0) is 0 Å². The van der Waals surface area contributed by atoms with E-state index in [4.69, 9.17) is 4.74 Å². The van der Waals surface area contributed by atoms with Crippen LogP contribution in [-0.4, -0.2) is 22.0 Å². The first-order chi connectivity index (χ1) is 9.17. The zero-order valence-electron chi connectivity index (χ0n) is 9.91. The highest BCUT2D eigenvalue weighted by Crippen LogP contribution is 2.32. The third-order valence-corrected chi connectivity index (χ3v) is 3.74. The molecule has 1 aromatic carbocycles. The lowest BCUT2D eigenvalue weighted by molar-refractivity contribution is -0.380. The highest BCUT2D eigenvalue weighted by molar-refractivity contribution is 7.18. The van der Waals surface area contributed by atoms with Crippen LogP contribution in [0.1, 0.15) is 0 Å². The van der Waals surface area contributed by atoms with Crippen molar-refractivity contribution in [2.24, 2.45) is 0 Å². The molecule has 3 aromatic rings. The Kier molecular flexibility index (Phi) is 2.68. The molecule has 19 heavy (non-hydrogen) atoms. The van der Waals surface area contributed by atoms with Gasteiger partial charge in [0.2, 0.25) is 0 Å². The Bertz CT molecular complexity index is 763. The number of imidazole rings is 1. The average Bonchev–Trinajstić information content (AvgIpc) is 3.04. The molecule has 6 nitrogen and oxygen atoms in total. The number of hydrogen-bond acceptors (Lipinski definition) is 5. The molecular formula is C12H9N3O3S. The van der Waals surface area contributed by atoms with E-state index in [1.54, 1.807) is 13.2 Å². The van der Waals surface area contributed by atoms with Crippen molar-refractivity contribution in [2.45, 2.75) is 0 Å². The lowest BCUT2D eigenvalue weighted by atomic mass is 10.3. The van der Waals surface area contributed by atoms with Gasteiger partial charge in [0, 0.05) is 12.1 Å². The Morgan fingerprint density at radius 2 is 2.21 bits per heavy atom. The Labute approximate surface area is 111 Å². The maximum atomic E-state index is 10.7. The van der Waals surface area contributed by atoms with Crippen molar-refractivity contribution in [3.8, 4) is 16.5 Å². The number of nitrogens with zero attached hydrogens (tertiary/aromatic N) is 2. The van der Waals surface area contributed by atoms with E-state index in [9.17, 15) is 10.1 Å². The van der Waals surface area contributed by atoms with Gasteiger partial charge in [-0.25, -0.2) is 4.98 Å². The maximum Gasteiger partial charge on any atom is 0.324 e. The molecule has 0 spiro atoms. The standard InChI is InChI=1S/C12H9N3O3S/c1-18-7-2-3-8-9(6-7)14-12(13-8)10-4-5-11(19-10)15(16)17/h2-6H,1H3,(H,13,14). The first-order valence-electron chi connectivity index (χ1n) is 5.46. The Hall–Kier alpha value is -2.41. The summed E-state index contributed by atoms with van der Waals surface area (Å²) in [5, 5.41) is 10.8. The molecule has 2 aromatic heterocycles. The molecule has 3 rings (SSSR count). The molecule has 0 radical (unpaired) electrons. The van der Waals surface area contributed by atoms with Crippen LogP contribution >= 0.6 is 11.3 Å². The monoisotopic (exact) mass is 275 g/mol. The predicted molar refractivity (Wildman–Crippen MR) is 72.6 cm³/mol. The molecule has 0 fully saturated rings. The number of H-pyrrole nitrogens is 1. The number of fused-ring (bicyclic) bond motifs is 1. The van der Waals surface area contributed by atoms with Crippen LogP contribution in [0.5, 0.6) is 5.75 Å². The number of hydrogen-bond donors (Lipinski definition) is 1. The molecule has 0 amide bonds. The summed E-state index contributed by atoms with van der Waals surface area (Å²) in [6.45, 7) is 0. The number of nitrogens with one attached hydrogen (secondary N) is 1. The zero-order valence-corrected chi connectivity index (χ0v) is 10.7. The molecule has 0 aliphatic heterocycles. The van der Waals surface area contributed by atoms with Gasteiger partial charge in [0.25, 0.3) is 0 Å². The summed E-state index contributed by atoms with van der Waals surface area (Å²) in [6.07, 6.45) is 0. The second-order valence-electron chi connectivity index (χ2n) is 3.86. The fraction of sp³-hybridized carbons (Fsp3) is 0.0833. The zero-order chi connectivity index (χ0) is 13.4. The Morgan fingerprint density at radius 3 is 2.89 bits per heavy atom. The summed E-state index contributed by atoms with van der Waals surface area (Å²) < 4.78 is 5.14. The minimum absolute atomic E-state index is 0.105. The molecule has 0 bridgehead atoms. The van der Waals surface area contributed by atoms with E-state index in [1.807, 2.05) is 18.2 Å².